The second kappa shape index (κ2) is 6.75. The Labute approximate surface area is 113 Å². The molecule has 102 valence electrons. The van der Waals surface area contributed by atoms with Crippen molar-refractivity contribution in [1.29, 1.82) is 0 Å². The zero-order valence-corrected chi connectivity index (χ0v) is 11.6. The molecule has 0 bridgehead atoms. The van der Waals surface area contributed by atoms with Gasteiger partial charge < -0.3 is 15.2 Å². The molecule has 2 N–H and O–H groups in total. The van der Waals surface area contributed by atoms with Crippen molar-refractivity contribution in [1.82, 2.24) is 10.5 Å². The van der Waals surface area contributed by atoms with Gasteiger partial charge in [-0.15, -0.1) is 12.4 Å². The van der Waals surface area contributed by atoms with Gasteiger partial charge in [-0.05, 0) is 32.7 Å². The van der Waals surface area contributed by atoms with Crippen LogP contribution in [0.3, 0.4) is 0 Å². The number of carbonyl (C=O) groups is 1. The summed E-state index contributed by atoms with van der Waals surface area (Å²) in [5, 5.41) is 10.1. The van der Waals surface area contributed by atoms with Gasteiger partial charge in [-0.1, -0.05) is 12.1 Å². The van der Waals surface area contributed by atoms with Crippen molar-refractivity contribution in [3.8, 4) is 0 Å². The van der Waals surface area contributed by atoms with Crippen LogP contribution in [0.5, 0.6) is 0 Å². The maximum absolute atomic E-state index is 11.9. The predicted octanol–water partition coefficient (Wildman–Crippen LogP) is 2.05. The first kappa shape index (κ1) is 15.0. The number of halogens is 1. The van der Waals surface area contributed by atoms with E-state index in [0.29, 0.717) is 18.2 Å². The Hall–Kier alpha value is -1.07. The zero-order chi connectivity index (χ0) is 12.3. The van der Waals surface area contributed by atoms with Gasteiger partial charge in [-0.25, -0.2) is 0 Å². The van der Waals surface area contributed by atoms with Crippen LogP contribution >= 0.6 is 12.4 Å². The quantitative estimate of drug-likeness (QED) is 0.881. The molecule has 5 nitrogen and oxygen atoms in total. The molecular weight excluding hydrogens is 254 g/mol. The molecule has 1 aliphatic rings. The molecule has 6 heteroatoms. The van der Waals surface area contributed by atoms with E-state index in [-0.39, 0.29) is 18.3 Å². The van der Waals surface area contributed by atoms with Crippen molar-refractivity contribution < 1.29 is 9.32 Å². The fraction of sp³-hybridized carbons (Fsp3) is 0.667. The Morgan fingerprint density at radius 2 is 2.39 bits per heavy atom. The summed E-state index contributed by atoms with van der Waals surface area (Å²) in [7, 11) is 0. The number of aryl methyl sites for hydroxylation is 2. The van der Waals surface area contributed by atoms with Crippen LogP contribution in [0.1, 0.15) is 37.6 Å². The highest BCUT2D eigenvalue weighted by Crippen LogP contribution is 2.21. The summed E-state index contributed by atoms with van der Waals surface area (Å²) >= 11 is 0. The predicted molar refractivity (Wildman–Crippen MR) is 72.1 cm³/mol. The molecule has 1 fully saturated rings. The highest BCUT2D eigenvalue weighted by atomic mass is 35.5. The number of nitrogens with zero attached hydrogens (tertiary/aromatic N) is 1. The van der Waals surface area contributed by atoms with Crippen LogP contribution in [0.2, 0.25) is 0 Å². The molecule has 2 rings (SSSR count). The average Bonchev–Trinajstić information content (AvgIpc) is 2.90. The molecular formula is C12H20ClN3O2. The van der Waals surface area contributed by atoms with E-state index < -0.39 is 0 Å². The molecule has 1 unspecified atom stereocenters. The average molecular weight is 274 g/mol. The van der Waals surface area contributed by atoms with Crippen LogP contribution in [0.15, 0.2) is 4.52 Å². The highest BCUT2D eigenvalue weighted by Gasteiger charge is 2.20. The summed E-state index contributed by atoms with van der Waals surface area (Å²) in [5.74, 6) is 0.708. The number of hydrogen-bond acceptors (Lipinski definition) is 4. The lowest BCUT2D eigenvalue weighted by Crippen LogP contribution is -2.27. The van der Waals surface area contributed by atoms with Crippen LogP contribution in [0.25, 0.3) is 0 Å². The van der Waals surface area contributed by atoms with Gasteiger partial charge in [0.1, 0.15) is 11.4 Å². The molecule has 1 aromatic rings. The highest BCUT2D eigenvalue weighted by molar-refractivity contribution is 5.92. The van der Waals surface area contributed by atoms with Crippen molar-refractivity contribution in [3.63, 3.8) is 0 Å². The van der Waals surface area contributed by atoms with Crippen molar-refractivity contribution >= 4 is 24.0 Å². The standard InChI is InChI=1S/C12H19N3O2.ClH/c1-3-10-12(8(2)17-15-10)14-11(16)7-9-5-4-6-13-9;/h9,13H,3-7H2,1-2H3,(H,14,16);1H. The maximum atomic E-state index is 11.9. The van der Waals surface area contributed by atoms with E-state index >= 15 is 0 Å². The molecule has 1 aromatic heterocycles. The molecule has 0 spiro atoms. The Morgan fingerprint density at radius 3 is 3.00 bits per heavy atom. The summed E-state index contributed by atoms with van der Waals surface area (Å²) in [6, 6.07) is 0.320. The summed E-state index contributed by atoms with van der Waals surface area (Å²) in [5.41, 5.74) is 1.56. The van der Waals surface area contributed by atoms with E-state index in [1.807, 2.05) is 13.8 Å². The molecule has 1 atom stereocenters. The van der Waals surface area contributed by atoms with Gasteiger partial charge in [0, 0.05) is 12.5 Å². The maximum Gasteiger partial charge on any atom is 0.226 e. The van der Waals surface area contributed by atoms with E-state index in [0.717, 1.165) is 37.2 Å². The third-order valence-corrected chi connectivity index (χ3v) is 3.13. The fourth-order valence-electron chi connectivity index (χ4n) is 2.16. The molecule has 1 amide bonds. The monoisotopic (exact) mass is 273 g/mol. The summed E-state index contributed by atoms with van der Waals surface area (Å²) in [6.07, 6.45) is 3.52. The lowest BCUT2D eigenvalue weighted by atomic mass is 10.1. The van der Waals surface area contributed by atoms with E-state index in [1.165, 1.54) is 0 Å². The number of aromatic nitrogens is 1. The minimum absolute atomic E-state index is 0. The van der Waals surface area contributed by atoms with E-state index in [9.17, 15) is 4.79 Å². The lowest BCUT2D eigenvalue weighted by Gasteiger charge is -2.10. The first-order valence-corrected chi connectivity index (χ1v) is 6.19. The van der Waals surface area contributed by atoms with Crippen molar-refractivity contribution in [2.24, 2.45) is 0 Å². The van der Waals surface area contributed by atoms with Crippen LogP contribution in [0, 0.1) is 6.92 Å². The van der Waals surface area contributed by atoms with Gasteiger partial charge in [0.05, 0.1) is 0 Å². The largest absolute Gasteiger partial charge is 0.359 e. The molecule has 0 aliphatic carbocycles. The first-order chi connectivity index (χ1) is 8.20. The number of amides is 1. The van der Waals surface area contributed by atoms with E-state index in [1.54, 1.807) is 0 Å². The Bertz CT molecular complexity index is 400. The van der Waals surface area contributed by atoms with Gasteiger partial charge in [-0.2, -0.15) is 0 Å². The molecule has 1 saturated heterocycles. The summed E-state index contributed by atoms with van der Waals surface area (Å²) in [6.45, 7) is 4.82. The minimum atomic E-state index is 0. The minimum Gasteiger partial charge on any atom is -0.359 e. The van der Waals surface area contributed by atoms with Gasteiger partial charge in [-0.3, -0.25) is 4.79 Å². The van der Waals surface area contributed by atoms with Crippen LogP contribution in [0.4, 0.5) is 5.69 Å². The normalized spacial score (nSPS) is 18.4. The number of carbonyl (C=O) groups excluding carboxylic acids is 1. The number of nitrogens with one attached hydrogen (secondary N) is 2. The van der Waals surface area contributed by atoms with Crippen molar-refractivity contribution in [3.05, 3.63) is 11.5 Å². The van der Waals surface area contributed by atoms with E-state index in [2.05, 4.69) is 15.8 Å². The molecule has 0 aromatic carbocycles. The number of hydrogen-bond donors (Lipinski definition) is 2. The summed E-state index contributed by atoms with van der Waals surface area (Å²) in [4.78, 5) is 11.9. The van der Waals surface area contributed by atoms with Crippen molar-refractivity contribution in [2.75, 3.05) is 11.9 Å². The third-order valence-electron chi connectivity index (χ3n) is 3.13. The van der Waals surface area contributed by atoms with E-state index in [4.69, 9.17) is 4.52 Å². The summed E-state index contributed by atoms with van der Waals surface area (Å²) < 4.78 is 5.08. The molecule has 1 aliphatic heterocycles. The second-order valence-electron chi connectivity index (χ2n) is 4.46. The number of rotatable bonds is 4. The number of anilines is 1. The third kappa shape index (κ3) is 3.46. The SMILES string of the molecule is CCc1noc(C)c1NC(=O)CC1CCCN1.Cl. The lowest BCUT2D eigenvalue weighted by molar-refractivity contribution is -0.116. The zero-order valence-electron chi connectivity index (χ0n) is 10.8. The van der Waals surface area contributed by atoms with Gasteiger partial charge in [0.2, 0.25) is 5.91 Å². The van der Waals surface area contributed by atoms with Crippen LogP contribution in [-0.4, -0.2) is 23.7 Å². The Balaban J connectivity index is 0.00000162. The Morgan fingerprint density at radius 1 is 1.61 bits per heavy atom. The second-order valence-corrected chi connectivity index (χ2v) is 4.46. The van der Waals surface area contributed by atoms with Crippen LogP contribution < -0.4 is 10.6 Å². The Kier molecular flexibility index (Phi) is 5.62. The van der Waals surface area contributed by atoms with Crippen LogP contribution in [-0.2, 0) is 11.2 Å². The first-order valence-electron chi connectivity index (χ1n) is 6.19. The van der Waals surface area contributed by atoms with Gasteiger partial charge in [0.15, 0.2) is 5.76 Å². The van der Waals surface area contributed by atoms with Gasteiger partial charge >= 0.3 is 0 Å². The topological polar surface area (TPSA) is 67.2 Å². The van der Waals surface area contributed by atoms with Crippen molar-refractivity contribution in [2.45, 2.75) is 45.6 Å². The molecule has 0 saturated carbocycles. The fourth-order valence-corrected chi connectivity index (χ4v) is 2.16. The molecule has 0 radical (unpaired) electrons. The smallest absolute Gasteiger partial charge is 0.226 e. The molecule has 2 heterocycles. The molecule has 18 heavy (non-hydrogen) atoms. The van der Waals surface area contributed by atoms with Gasteiger partial charge in [0.25, 0.3) is 0 Å².